The third-order valence-electron chi connectivity index (χ3n) is 3.56. The van der Waals surface area contributed by atoms with E-state index in [1.54, 1.807) is 13.0 Å². The number of fused-ring (bicyclic) bond motifs is 1. The Kier molecular flexibility index (Phi) is 4.99. The summed E-state index contributed by atoms with van der Waals surface area (Å²) in [5.41, 5.74) is 0.502. The molecular weight excluding hydrogens is 409 g/mol. The molecule has 3 heterocycles. The first-order valence-electron chi connectivity index (χ1n) is 7.57. The zero-order chi connectivity index (χ0) is 18.8. The molecule has 0 atom stereocenters. The number of ketones is 1. The lowest BCUT2D eigenvalue weighted by Crippen LogP contribution is -2.28. The first-order chi connectivity index (χ1) is 12.4. The predicted molar refractivity (Wildman–Crippen MR) is 94.8 cm³/mol. The van der Waals surface area contributed by atoms with Crippen LogP contribution in [0.15, 0.2) is 39.5 Å². The Balaban J connectivity index is 2.17. The fourth-order valence-corrected chi connectivity index (χ4v) is 2.72. The van der Waals surface area contributed by atoms with Crippen LogP contribution < -0.4 is 4.90 Å². The Labute approximate surface area is 155 Å². The first-order valence-corrected chi connectivity index (χ1v) is 8.36. The third-order valence-corrected chi connectivity index (χ3v) is 3.99. The Bertz CT molecular complexity index is 988. The molecular formula is C17H13BrFN3O4. The standard InChI is InChI=1S/C17H13BrFN3O4/c1-3-25-17(24)22(2)13-11-6-10(18)8-21-16(11)26-15(13)14(23)9-4-5-12(19)20-7-9/h4-8H,3H2,1-2H3. The number of carbonyl (C=O) groups is 2. The summed E-state index contributed by atoms with van der Waals surface area (Å²) in [5.74, 6) is -1.38. The molecule has 0 fully saturated rings. The van der Waals surface area contributed by atoms with Crippen molar-refractivity contribution in [2.24, 2.45) is 0 Å². The lowest BCUT2D eigenvalue weighted by atomic mass is 10.1. The maximum absolute atomic E-state index is 13.0. The Hall–Kier alpha value is -2.81. The van der Waals surface area contributed by atoms with Gasteiger partial charge in [-0.05, 0) is 41.1 Å². The summed E-state index contributed by atoms with van der Waals surface area (Å²) in [5, 5.41) is 0.452. The highest BCUT2D eigenvalue weighted by Crippen LogP contribution is 2.35. The first kappa shape index (κ1) is 18.0. The van der Waals surface area contributed by atoms with E-state index < -0.39 is 17.8 Å². The van der Waals surface area contributed by atoms with E-state index in [9.17, 15) is 14.0 Å². The van der Waals surface area contributed by atoms with Crippen molar-refractivity contribution in [2.45, 2.75) is 6.92 Å². The molecule has 1 amide bonds. The zero-order valence-corrected chi connectivity index (χ0v) is 15.4. The molecule has 9 heteroatoms. The average molecular weight is 422 g/mol. The molecule has 0 aromatic carbocycles. The number of aromatic nitrogens is 2. The fraction of sp³-hybridized carbons (Fsp3) is 0.176. The van der Waals surface area contributed by atoms with Crippen LogP contribution in [0.25, 0.3) is 11.1 Å². The highest BCUT2D eigenvalue weighted by Gasteiger charge is 2.28. The van der Waals surface area contributed by atoms with Gasteiger partial charge in [-0.2, -0.15) is 4.39 Å². The van der Waals surface area contributed by atoms with Crippen molar-refractivity contribution in [3.05, 3.63) is 52.3 Å². The van der Waals surface area contributed by atoms with Gasteiger partial charge in [-0.25, -0.2) is 14.8 Å². The summed E-state index contributed by atoms with van der Waals surface area (Å²) in [6.07, 6.45) is 1.96. The molecule has 0 saturated heterocycles. The van der Waals surface area contributed by atoms with Crippen molar-refractivity contribution >= 4 is 44.6 Å². The van der Waals surface area contributed by atoms with Gasteiger partial charge in [0.05, 0.1) is 12.0 Å². The molecule has 0 spiro atoms. The van der Waals surface area contributed by atoms with E-state index in [-0.39, 0.29) is 29.3 Å². The van der Waals surface area contributed by atoms with Gasteiger partial charge in [0, 0.05) is 29.5 Å². The Morgan fingerprint density at radius 2 is 2.08 bits per heavy atom. The number of ether oxygens (including phenoxy) is 1. The number of furan rings is 1. The van der Waals surface area contributed by atoms with Crippen molar-refractivity contribution in [1.29, 1.82) is 0 Å². The molecule has 134 valence electrons. The van der Waals surface area contributed by atoms with E-state index >= 15 is 0 Å². The largest absolute Gasteiger partial charge is 0.449 e. The molecule has 3 aromatic rings. The van der Waals surface area contributed by atoms with E-state index in [1.165, 1.54) is 24.2 Å². The van der Waals surface area contributed by atoms with Gasteiger partial charge in [0.2, 0.25) is 23.2 Å². The van der Waals surface area contributed by atoms with Gasteiger partial charge in [0.1, 0.15) is 5.69 Å². The summed E-state index contributed by atoms with van der Waals surface area (Å²) in [6, 6.07) is 4.03. The van der Waals surface area contributed by atoms with Crippen molar-refractivity contribution in [3.8, 4) is 0 Å². The van der Waals surface area contributed by atoms with Crippen molar-refractivity contribution in [1.82, 2.24) is 9.97 Å². The minimum Gasteiger partial charge on any atom is -0.449 e. The second-order valence-electron chi connectivity index (χ2n) is 5.24. The smallest absolute Gasteiger partial charge is 0.414 e. The van der Waals surface area contributed by atoms with Crippen LogP contribution in [0.4, 0.5) is 14.9 Å². The van der Waals surface area contributed by atoms with Gasteiger partial charge in [-0.1, -0.05) is 0 Å². The van der Waals surface area contributed by atoms with Gasteiger partial charge >= 0.3 is 6.09 Å². The van der Waals surface area contributed by atoms with E-state index in [0.29, 0.717) is 9.86 Å². The van der Waals surface area contributed by atoms with Crippen molar-refractivity contribution in [2.75, 3.05) is 18.6 Å². The van der Waals surface area contributed by atoms with Crippen LogP contribution in [0.5, 0.6) is 0 Å². The second kappa shape index (κ2) is 7.20. The molecule has 0 unspecified atom stereocenters. The fourth-order valence-electron chi connectivity index (χ4n) is 2.38. The molecule has 0 radical (unpaired) electrons. The van der Waals surface area contributed by atoms with Crippen LogP contribution in [0, 0.1) is 5.95 Å². The van der Waals surface area contributed by atoms with E-state index in [1.807, 2.05) is 0 Å². The van der Waals surface area contributed by atoms with Crippen molar-refractivity contribution < 1.29 is 23.1 Å². The van der Waals surface area contributed by atoms with E-state index in [2.05, 4.69) is 25.9 Å². The predicted octanol–water partition coefficient (Wildman–Crippen LogP) is 3.95. The van der Waals surface area contributed by atoms with Crippen LogP contribution in [0.1, 0.15) is 23.0 Å². The normalized spacial score (nSPS) is 10.8. The highest BCUT2D eigenvalue weighted by atomic mass is 79.9. The number of hydrogen-bond acceptors (Lipinski definition) is 6. The summed E-state index contributed by atoms with van der Waals surface area (Å²) >= 11 is 3.31. The van der Waals surface area contributed by atoms with Crippen LogP contribution >= 0.6 is 15.9 Å². The molecule has 3 rings (SSSR count). The molecule has 3 aromatic heterocycles. The van der Waals surface area contributed by atoms with Crippen LogP contribution in [0.2, 0.25) is 0 Å². The molecule has 0 bridgehead atoms. The quantitative estimate of drug-likeness (QED) is 0.468. The lowest BCUT2D eigenvalue weighted by Gasteiger charge is -2.16. The highest BCUT2D eigenvalue weighted by molar-refractivity contribution is 9.10. The third kappa shape index (κ3) is 3.30. The van der Waals surface area contributed by atoms with E-state index in [0.717, 1.165) is 12.3 Å². The van der Waals surface area contributed by atoms with Gasteiger partial charge in [-0.15, -0.1) is 0 Å². The van der Waals surface area contributed by atoms with Gasteiger partial charge < -0.3 is 9.15 Å². The zero-order valence-electron chi connectivity index (χ0n) is 13.8. The van der Waals surface area contributed by atoms with Crippen LogP contribution in [0.3, 0.4) is 0 Å². The summed E-state index contributed by atoms with van der Waals surface area (Å²) in [7, 11) is 1.46. The second-order valence-corrected chi connectivity index (χ2v) is 6.16. The molecule has 26 heavy (non-hydrogen) atoms. The summed E-state index contributed by atoms with van der Waals surface area (Å²) < 4.78 is 24.3. The number of pyridine rings is 2. The molecule has 0 aliphatic heterocycles. The van der Waals surface area contributed by atoms with Gasteiger partial charge in [0.25, 0.3) is 0 Å². The summed E-state index contributed by atoms with van der Waals surface area (Å²) in [4.78, 5) is 33.8. The van der Waals surface area contributed by atoms with Gasteiger partial charge in [-0.3, -0.25) is 9.69 Å². The SMILES string of the molecule is CCOC(=O)N(C)c1c(C(=O)c2ccc(F)nc2)oc2ncc(Br)cc12. The van der Waals surface area contributed by atoms with Crippen LogP contribution in [-0.2, 0) is 4.74 Å². The molecule has 7 nitrogen and oxygen atoms in total. The number of hydrogen-bond donors (Lipinski definition) is 0. The molecule has 0 N–H and O–H groups in total. The molecule has 0 saturated carbocycles. The van der Waals surface area contributed by atoms with Crippen molar-refractivity contribution in [3.63, 3.8) is 0 Å². The summed E-state index contributed by atoms with van der Waals surface area (Å²) in [6.45, 7) is 1.85. The monoisotopic (exact) mass is 421 g/mol. The number of rotatable bonds is 4. The molecule has 0 aliphatic carbocycles. The minimum absolute atomic E-state index is 0.114. The number of amides is 1. The number of anilines is 1. The number of halogens is 2. The average Bonchev–Trinajstić information content (AvgIpc) is 2.99. The number of nitrogens with zero attached hydrogens (tertiary/aromatic N) is 3. The maximum Gasteiger partial charge on any atom is 0.414 e. The van der Waals surface area contributed by atoms with Gasteiger partial charge in [0.15, 0.2) is 0 Å². The number of carbonyl (C=O) groups excluding carboxylic acids is 2. The molecule has 0 aliphatic rings. The topological polar surface area (TPSA) is 85.5 Å². The maximum atomic E-state index is 13.0. The minimum atomic E-state index is -0.708. The Morgan fingerprint density at radius 3 is 2.73 bits per heavy atom. The Morgan fingerprint density at radius 1 is 1.31 bits per heavy atom. The van der Waals surface area contributed by atoms with Crippen LogP contribution in [-0.4, -0.2) is 35.5 Å². The lowest BCUT2D eigenvalue weighted by molar-refractivity contribution is 0.101. The van der Waals surface area contributed by atoms with E-state index in [4.69, 9.17) is 9.15 Å².